The second-order valence-corrected chi connectivity index (χ2v) is 7.69. The minimum Gasteiger partial charge on any atom is -0.484 e. The number of carbonyl (C=O) groups excluding carboxylic acids is 2. The number of rotatable bonds is 8. The van der Waals surface area contributed by atoms with Gasteiger partial charge in [-0.3, -0.25) is 9.59 Å². The number of amides is 2. The lowest BCUT2D eigenvalue weighted by Crippen LogP contribution is -2.31. The van der Waals surface area contributed by atoms with Gasteiger partial charge < -0.3 is 15.4 Å². The van der Waals surface area contributed by atoms with Crippen molar-refractivity contribution in [3.05, 3.63) is 59.7 Å². The quantitative estimate of drug-likeness (QED) is 0.713. The smallest absolute Gasteiger partial charge is 0.258 e. The lowest BCUT2D eigenvalue weighted by molar-refractivity contribution is -0.123. The van der Waals surface area contributed by atoms with Gasteiger partial charge in [-0.05, 0) is 61.1 Å². The summed E-state index contributed by atoms with van der Waals surface area (Å²) in [7, 11) is 0. The van der Waals surface area contributed by atoms with Crippen LogP contribution in [0.3, 0.4) is 0 Å². The molecule has 28 heavy (non-hydrogen) atoms. The second kappa shape index (κ2) is 8.91. The molecule has 1 atom stereocenters. The highest BCUT2D eigenvalue weighted by Crippen LogP contribution is 2.30. The molecule has 1 aliphatic rings. The van der Waals surface area contributed by atoms with Crippen molar-refractivity contribution in [1.82, 2.24) is 5.32 Å². The van der Waals surface area contributed by atoms with Gasteiger partial charge in [-0.25, -0.2) is 0 Å². The monoisotopic (exact) mass is 380 g/mol. The van der Waals surface area contributed by atoms with Gasteiger partial charge in [0.2, 0.25) is 5.91 Å². The van der Waals surface area contributed by atoms with E-state index in [0.29, 0.717) is 11.7 Å². The summed E-state index contributed by atoms with van der Waals surface area (Å²) in [5.74, 6) is 1.24. The zero-order chi connectivity index (χ0) is 20.1. The number of hydrogen-bond donors (Lipinski definition) is 2. The third-order valence-corrected chi connectivity index (χ3v) is 4.92. The van der Waals surface area contributed by atoms with Crippen LogP contribution in [0.15, 0.2) is 48.5 Å². The van der Waals surface area contributed by atoms with Crippen molar-refractivity contribution < 1.29 is 14.3 Å². The van der Waals surface area contributed by atoms with E-state index in [1.54, 1.807) is 0 Å². The van der Waals surface area contributed by atoms with Crippen LogP contribution in [0, 0.1) is 5.92 Å². The second-order valence-electron chi connectivity index (χ2n) is 7.69. The Bertz CT molecular complexity index is 809. The molecule has 5 heteroatoms. The third-order valence-electron chi connectivity index (χ3n) is 4.92. The van der Waals surface area contributed by atoms with Gasteiger partial charge in [-0.2, -0.15) is 0 Å². The van der Waals surface area contributed by atoms with Crippen molar-refractivity contribution in [2.75, 3.05) is 11.9 Å². The normalized spacial score (nSPS) is 14.4. The molecular formula is C23H28N2O3. The Morgan fingerprint density at radius 2 is 1.57 bits per heavy atom. The zero-order valence-corrected chi connectivity index (χ0v) is 16.7. The summed E-state index contributed by atoms with van der Waals surface area (Å²) in [5, 5.41) is 5.85. The van der Waals surface area contributed by atoms with Gasteiger partial charge in [0.15, 0.2) is 6.61 Å². The Morgan fingerprint density at radius 1 is 0.964 bits per heavy atom. The molecule has 2 aromatic carbocycles. The summed E-state index contributed by atoms with van der Waals surface area (Å²) in [4.78, 5) is 24.0. The number of carbonyl (C=O) groups is 2. The highest BCUT2D eigenvalue weighted by molar-refractivity contribution is 5.94. The Labute approximate surface area is 166 Å². The van der Waals surface area contributed by atoms with Crippen molar-refractivity contribution >= 4 is 17.5 Å². The maximum atomic E-state index is 12.2. The molecule has 1 aliphatic carbocycles. The molecule has 148 valence electrons. The molecule has 1 saturated carbocycles. The van der Waals surface area contributed by atoms with Crippen molar-refractivity contribution in [1.29, 1.82) is 0 Å². The molecule has 0 bridgehead atoms. The molecule has 1 unspecified atom stereocenters. The highest BCUT2D eigenvalue weighted by atomic mass is 16.5. The predicted molar refractivity (Wildman–Crippen MR) is 110 cm³/mol. The van der Waals surface area contributed by atoms with Crippen molar-refractivity contribution in [2.24, 2.45) is 5.92 Å². The molecule has 0 saturated heterocycles. The van der Waals surface area contributed by atoms with Crippen LogP contribution in [0.4, 0.5) is 5.69 Å². The Balaban J connectivity index is 1.46. The van der Waals surface area contributed by atoms with E-state index in [-0.39, 0.29) is 30.4 Å². The van der Waals surface area contributed by atoms with E-state index in [1.165, 1.54) is 5.56 Å². The van der Waals surface area contributed by atoms with Crippen LogP contribution < -0.4 is 15.4 Å². The number of hydrogen-bond acceptors (Lipinski definition) is 3. The highest BCUT2D eigenvalue weighted by Gasteiger charge is 2.29. The van der Waals surface area contributed by atoms with E-state index >= 15 is 0 Å². The molecular weight excluding hydrogens is 352 g/mol. The number of anilines is 1. The number of ether oxygens (including phenoxy) is 1. The first-order valence-electron chi connectivity index (χ1n) is 9.85. The zero-order valence-electron chi connectivity index (χ0n) is 16.7. The van der Waals surface area contributed by atoms with E-state index in [0.717, 1.165) is 24.1 Å². The molecule has 0 spiro atoms. The molecule has 2 aromatic rings. The molecule has 0 heterocycles. The average Bonchev–Trinajstić information content (AvgIpc) is 3.52. The minimum atomic E-state index is -0.174. The number of benzene rings is 2. The lowest BCUT2D eigenvalue weighted by Gasteiger charge is -2.15. The summed E-state index contributed by atoms with van der Waals surface area (Å²) < 4.78 is 5.57. The molecule has 2 N–H and O–H groups in total. The molecule has 2 amide bonds. The predicted octanol–water partition coefficient (Wildman–Crippen LogP) is 4.41. The van der Waals surface area contributed by atoms with Crippen LogP contribution in [0.25, 0.3) is 0 Å². The molecule has 0 aromatic heterocycles. The fourth-order valence-electron chi connectivity index (χ4n) is 2.91. The fraction of sp³-hybridized carbons (Fsp3) is 0.391. The summed E-state index contributed by atoms with van der Waals surface area (Å²) in [5.41, 5.74) is 2.99. The van der Waals surface area contributed by atoms with Crippen LogP contribution in [-0.4, -0.2) is 18.4 Å². The van der Waals surface area contributed by atoms with Gasteiger partial charge in [-0.15, -0.1) is 0 Å². The topological polar surface area (TPSA) is 67.4 Å². The Morgan fingerprint density at radius 3 is 2.14 bits per heavy atom. The van der Waals surface area contributed by atoms with E-state index in [2.05, 4.69) is 24.5 Å². The van der Waals surface area contributed by atoms with Gasteiger partial charge in [0, 0.05) is 11.6 Å². The van der Waals surface area contributed by atoms with Gasteiger partial charge in [0.05, 0.1) is 6.04 Å². The van der Waals surface area contributed by atoms with Gasteiger partial charge >= 0.3 is 0 Å². The summed E-state index contributed by atoms with van der Waals surface area (Å²) in [6, 6.07) is 15.2. The third kappa shape index (κ3) is 5.59. The van der Waals surface area contributed by atoms with Crippen molar-refractivity contribution in [3.63, 3.8) is 0 Å². The SMILES string of the molecule is CC(C)c1ccc(OCC(=O)NC(C)c2ccc(NC(=O)C3CC3)cc2)cc1. The first-order chi connectivity index (χ1) is 13.4. The van der Waals surface area contributed by atoms with E-state index in [1.807, 2.05) is 55.5 Å². The number of nitrogens with one attached hydrogen (secondary N) is 2. The summed E-state index contributed by atoms with van der Waals surface area (Å²) in [6.07, 6.45) is 1.97. The fourth-order valence-corrected chi connectivity index (χ4v) is 2.91. The van der Waals surface area contributed by atoms with Gasteiger partial charge in [0.25, 0.3) is 5.91 Å². The standard InChI is InChI=1S/C23H28N2O3/c1-15(2)17-8-12-21(13-9-17)28-14-22(26)24-16(3)18-6-10-20(11-7-18)25-23(27)19-4-5-19/h6-13,15-16,19H,4-5,14H2,1-3H3,(H,24,26)(H,25,27). The van der Waals surface area contributed by atoms with Gasteiger partial charge in [0.1, 0.15) is 5.75 Å². The van der Waals surface area contributed by atoms with Crippen LogP contribution in [0.5, 0.6) is 5.75 Å². The Hall–Kier alpha value is -2.82. The average molecular weight is 380 g/mol. The molecule has 3 rings (SSSR count). The minimum absolute atomic E-state index is 0.0269. The lowest BCUT2D eigenvalue weighted by atomic mass is 10.0. The summed E-state index contributed by atoms with van der Waals surface area (Å²) in [6.45, 7) is 6.17. The maximum absolute atomic E-state index is 12.2. The first kappa shape index (κ1) is 19.9. The van der Waals surface area contributed by atoms with Crippen LogP contribution in [0.2, 0.25) is 0 Å². The largest absolute Gasteiger partial charge is 0.484 e. The Kier molecular flexibility index (Phi) is 6.34. The summed E-state index contributed by atoms with van der Waals surface area (Å²) >= 11 is 0. The molecule has 1 fully saturated rings. The van der Waals surface area contributed by atoms with Crippen LogP contribution in [-0.2, 0) is 9.59 Å². The van der Waals surface area contributed by atoms with Crippen molar-refractivity contribution in [2.45, 2.75) is 45.6 Å². The van der Waals surface area contributed by atoms with E-state index in [9.17, 15) is 9.59 Å². The van der Waals surface area contributed by atoms with E-state index in [4.69, 9.17) is 4.74 Å². The first-order valence-corrected chi connectivity index (χ1v) is 9.85. The maximum Gasteiger partial charge on any atom is 0.258 e. The molecule has 0 radical (unpaired) electrons. The van der Waals surface area contributed by atoms with E-state index < -0.39 is 0 Å². The van der Waals surface area contributed by atoms with Crippen LogP contribution in [0.1, 0.15) is 56.7 Å². The van der Waals surface area contributed by atoms with Crippen LogP contribution >= 0.6 is 0 Å². The molecule has 0 aliphatic heterocycles. The van der Waals surface area contributed by atoms with Crippen molar-refractivity contribution in [3.8, 4) is 5.75 Å². The molecule has 5 nitrogen and oxygen atoms in total. The van der Waals surface area contributed by atoms with Gasteiger partial charge in [-0.1, -0.05) is 38.1 Å².